The molecule has 2 rings (SSSR count). The van der Waals surface area contributed by atoms with Gasteiger partial charge in [-0.3, -0.25) is 10.1 Å². The van der Waals surface area contributed by atoms with Crippen LogP contribution in [0.5, 0.6) is 0 Å². The molecule has 0 radical (unpaired) electrons. The van der Waals surface area contributed by atoms with Crippen molar-refractivity contribution in [2.45, 2.75) is 12.5 Å². The first-order valence-electron chi connectivity index (χ1n) is 5.30. The number of halogens is 1. The number of hydrogen-bond donors (Lipinski definition) is 0. The number of carbonyl (C=O) groups is 2. The van der Waals surface area contributed by atoms with E-state index in [1.54, 1.807) is 0 Å². The quantitative estimate of drug-likeness (QED) is 0.477. The van der Waals surface area contributed by atoms with E-state index in [-0.39, 0.29) is 22.3 Å². The van der Waals surface area contributed by atoms with Gasteiger partial charge in [-0.15, -0.1) is 0 Å². The number of rotatable bonds is 3. The lowest BCUT2D eigenvalue weighted by atomic mass is 10.2. The minimum absolute atomic E-state index is 0.00889. The molecule has 8 heteroatoms. The van der Waals surface area contributed by atoms with Gasteiger partial charge < -0.3 is 9.47 Å². The first kappa shape index (κ1) is 13.5. The number of nitro groups is 1. The number of nitrogens with zero attached hydrogens (tertiary/aromatic N) is 1. The Morgan fingerprint density at radius 1 is 1.53 bits per heavy atom. The van der Waals surface area contributed by atoms with Crippen LogP contribution in [0.1, 0.15) is 16.8 Å². The maximum atomic E-state index is 11.8. The average molecular weight is 330 g/mol. The third kappa shape index (κ3) is 2.90. The predicted molar refractivity (Wildman–Crippen MR) is 65.6 cm³/mol. The van der Waals surface area contributed by atoms with E-state index < -0.39 is 23.0 Å². The smallest absolute Gasteiger partial charge is 0.347 e. The number of nitro benzene ring substituents is 1. The third-order valence-corrected chi connectivity index (χ3v) is 3.19. The Labute approximate surface area is 115 Å². The van der Waals surface area contributed by atoms with E-state index in [1.165, 1.54) is 12.1 Å². The van der Waals surface area contributed by atoms with Crippen molar-refractivity contribution in [1.29, 1.82) is 0 Å². The van der Waals surface area contributed by atoms with Gasteiger partial charge in [0.2, 0.25) is 6.10 Å². The van der Waals surface area contributed by atoms with Gasteiger partial charge in [0.05, 0.1) is 21.6 Å². The molecule has 100 valence electrons. The lowest BCUT2D eigenvalue weighted by molar-refractivity contribution is -0.385. The molecule has 1 aliphatic heterocycles. The Morgan fingerprint density at radius 3 is 2.84 bits per heavy atom. The summed E-state index contributed by atoms with van der Waals surface area (Å²) in [5.41, 5.74) is -0.238. The molecule has 0 aromatic heterocycles. The first-order valence-corrected chi connectivity index (χ1v) is 6.10. The van der Waals surface area contributed by atoms with Gasteiger partial charge in [-0.25, -0.2) is 9.59 Å². The molecule has 0 spiro atoms. The minimum atomic E-state index is -0.935. The van der Waals surface area contributed by atoms with Gasteiger partial charge >= 0.3 is 11.9 Å². The van der Waals surface area contributed by atoms with Crippen molar-refractivity contribution in [3.05, 3.63) is 38.3 Å². The lowest BCUT2D eigenvalue weighted by Gasteiger charge is -2.08. The van der Waals surface area contributed by atoms with Crippen LogP contribution in [0.15, 0.2) is 22.7 Å². The van der Waals surface area contributed by atoms with Crippen LogP contribution in [-0.2, 0) is 14.3 Å². The highest BCUT2D eigenvalue weighted by atomic mass is 79.9. The molecule has 0 amide bonds. The van der Waals surface area contributed by atoms with E-state index in [1.807, 2.05) is 0 Å². The van der Waals surface area contributed by atoms with Crippen LogP contribution in [0, 0.1) is 10.1 Å². The summed E-state index contributed by atoms with van der Waals surface area (Å²) in [6.07, 6.45) is -0.640. The fraction of sp³-hybridized carbons (Fsp3) is 0.273. The fourth-order valence-corrected chi connectivity index (χ4v) is 1.95. The Kier molecular flexibility index (Phi) is 3.79. The van der Waals surface area contributed by atoms with Crippen molar-refractivity contribution in [3.8, 4) is 0 Å². The van der Waals surface area contributed by atoms with Crippen molar-refractivity contribution in [2.75, 3.05) is 6.61 Å². The second-order valence-corrected chi connectivity index (χ2v) is 4.63. The summed E-state index contributed by atoms with van der Waals surface area (Å²) in [6, 6.07) is 3.84. The van der Waals surface area contributed by atoms with Crippen molar-refractivity contribution >= 4 is 33.6 Å². The summed E-state index contributed by atoms with van der Waals surface area (Å²) < 4.78 is 9.84. The number of esters is 2. The monoisotopic (exact) mass is 329 g/mol. The second-order valence-electron chi connectivity index (χ2n) is 3.77. The number of hydrogen-bond acceptors (Lipinski definition) is 6. The van der Waals surface area contributed by atoms with Gasteiger partial charge in [0.25, 0.3) is 5.69 Å². The summed E-state index contributed by atoms with van der Waals surface area (Å²) >= 11 is 3.01. The molecule has 19 heavy (non-hydrogen) atoms. The molecule has 0 N–H and O–H groups in total. The molecule has 1 aromatic rings. The molecule has 0 aliphatic carbocycles. The van der Waals surface area contributed by atoms with Crippen LogP contribution in [0.25, 0.3) is 0 Å². The average Bonchev–Trinajstić information content (AvgIpc) is 2.75. The normalized spacial score (nSPS) is 17.9. The Hall–Kier alpha value is -1.96. The molecule has 1 aliphatic rings. The number of benzene rings is 1. The van der Waals surface area contributed by atoms with Gasteiger partial charge in [-0.05, 0) is 28.1 Å². The van der Waals surface area contributed by atoms with Gasteiger partial charge in [0.15, 0.2) is 0 Å². The maximum absolute atomic E-state index is 11.8. The van der Waals surface area contributed by atoms with Crippen molar-refractivity contribution in [3.63, 3.8) is 0 Å². The van der Waals surface area contributed by atoms with E-state index in [4.69, 9.17) is 4.74 Å². The number of carbonyl (C=O) groups excluding carboxylic acids is 2. The summed E-state index contributed by atoms with van der Waals surface area (Å²) in [5.74, 6) is -1.39. The molecule has 0 bridgehead atoms. The summed E-state index contributed by atoms with van der Waals surface area (Å²) in [5, 5.41) is 10.7. The topological polar surface area (TPSA) is 95.7 Å². The summed E-state index contributed by atoms with van der Waals surface area (Å²) in [6.45, 7) is 0.206. The molecule has 0 saturated carbocycles. The summed E-state index contributed by atoms with van der Waals surface area (Å²) in [4.78, 5) is 33.0. The van der Waals surface area contributed by atoms with Gasteiger partial charge in [-0.1, -0.05) is 0 Å². The zero-order valence-corrected chi connectivity index (χ0v) is 11.1. The van der Waals surface area contributed by atoms with Crippen LogP contribution >= 0.6 is 15.9 Å². The molecule has 1 atom stereocenters. The Morgan fingerprint density at radius 2 is 2.26 bits per heavy atom. The number of cyclic esters (lactones) is 1. The molecular weight excluding hydrogens is 322 g/mol. The highest BCUT2D eigenvalue weighted by Crippen LogP contribution is 2.26. The van der Waals surface area contributed by atoms with E-state index >= 15 is 0 Å². The molecular formula is C11H8BrNO6. The molecule has 0 unspecified atom stereocenters. The maximum Gasteiger partial charge on any atom is 0.347 e. The summed E-state index contributed by atoms with van der Waals surface area (Å²) in [7, 11) is 0. The Balaban J connectivity index is 2.17. The standard InChI is InChI=1S/C11H8BrNO6/c12-7-2-1-6(5-8(7)13(16)17)10(14)19-9-3-4-18-11(9)15/h1-2,5,9H,3-4H2/t9-/m1/s1. The van der Waals surface area contributed by atoms with E-state index in [0.717, 1.165) is 6.07 Å². The largest absolute Gasteiger partial charge is 0.463 e. The predicted octanol–water partition coefficient (Wildman–Crippen LogP) is 1.83. The van der Waals surface area contributed by atoms with Crippen LogP contribution < -0.4 is 0 Å². The van der Waals surface area contributed by atoms with Crippen molar-refractivity contribution in [1.82, 2.24) is 0 Å². The highest BCUT2D eigenvalue weighted by molar-refractivity contribution is 9.10. The molecule has 1 aromatic carbocycles. The molecule has 1 fully saturated rings. The van der Waals surface area contributed by atoms with Crippen LogP contribution in [-0.4, -0.2) is 29.6 Å². The molecule has 1 saturated heterocycles. The van der Waals surface area contributed by atoms with Gasteiger partial charge in [0, 0.05) is 12.5 Å². The number of ether oxygens (including phenoxy) is 2. The lowest BCUT2D eigenvalue weighted by Crippen LogP contribution is -2.22. The van der Waals surface area contributed by atoms with Crippen LogP contribution in [0.2, 0.25) is 0 Å². The SMILES string of the molecule is O=C(O[C@@H]1CCOC1=O)c1ccc(Br)c([N+](=O)[O-])c1. The van der Waals surface area contributed by atoms with Crippen LogP contribution in [0.4, 0.5) is 5.69 Å². The zero-order chi connectivity index (χ0) is 14.0. The third-order valence-electron chi connectivity index (χ3n) is 2.52. The van der Waals surface area contributed by atoms with Crippen LogP contribution in [0.3, 0.4) is 0 Å². The zero-order valence-electron chi connectivity index (χ0n) is 9.50. The first-order chi connectivity index (χ1) is 8.99. The second kappa shape index (κ2) is 5.35. The fourth-order valence-electron chi connectivity index (χ4n) is 1.56. The minimum Gasteiger partial charge on any atom is -0.463 e. The molecule has 1 heterocycles. The van der Waals surface area contributed by atoms with Crippen molar-refractivity contribution < 1.29 is 24.0 Å². The van der Waals surface area contributed by atoms with E-state index in [0.29, 0.717) is 6.42 Å². The van der Waals surface area contributed by atoms with Crippen molar-refractivity contribution in [2.24, 2.45) is 0 Å². The highest BCUT2D eigenvalue weighted by Gasteiger charge is 2.31. The Bertz CT molecular complexity index is 558. The van der Waals surface area contributed by atoms with Gasteiger partial charge in [0.1, 0.15) is 0 Å². The molecule has 7 nitrogen and oxygen atoms in total. The van der Waals surface area contributed by atoms with E-state index in [9.17, 15) is 19.7 Å². The van der Waals surface area contributed by atoms with E-state index in [2.05, 4.69) is 20.7 Å². The van der Waals surface area contributed by atoms with Gasteiger partial charge in [-0.2, -0.15) is 0 Å².